The third kappa shape index (κ3) is 5.40. The number of carbonyl (C=O) groups is 2. The van der Waals surface area contributed by atoms with Crippen LogP contribution in [-0.4, -0.2) is 29.8 Å². The standard InChI is InChI=1S/C26H26N4O4/c1-18-16-23(30(33)34)10-11-24(18)28-26(32)25(31)27-14-12-19-6-8-22(9-7-19)29-15-13-20-4-2-3-5-21(20)17-29/h2-11,16H,12-15,17H2,1H3,(H,27,31)(H,28,32). The van der Waals surface area contributed by atoms with E-state index in [4.69, 9.17) is 0 Å². The van der Waals surface area contributed by atoms with Crippen molar-refractivity contribution in [3.63, 3.8) is 0 Å². The lowest BCUT2D eigenvalue weighted by Gasteiger charge is -2.30. The Hall–Kier alpha value is -4.20. The molecule has 174 valence electrons. The molecular formula is C26H26N4O4. The summed E-state index contributed by atoms with van der Waals surface area (Å²) in [7, 11) is 0. The lowest BCUT2D eigenvalue weighted by Crippen LogP contribution is -2.36. The van der Waals surface area contributed by atoms with Gasteiger partial charge in [0.1, 0.15) is 0 Å². The molecule has 2 amide bonds. The van der Waals surface area contributed by atoms with E-state index in [1.54, 1.807) is 6.92 Å². The van der Waals surface area contributed by atoms with Crippen LogP contribution >= 0.6 is 0 Å². The molecule has 0 bridgehead atoms. The van der Waals surface area contributed by atoms with E-state index in [2.05, 4.69) is 51.9 Å². The van der Waals surface area contributed by atoms with E-state index in [0.29, 0.717) is 24.2 Å². The second-order valence-corrected chi connectivity index (χ2v) is 8.32. The Labute approximate surface area is 197 Å². The minimum atomic E-state index is -0.808. The van der Waals surface area contributed by atoms with E-state index in [1.165, 1.54) is 35.0 Å². The number of hydrogen-bond acceptors (Lipinski definition) is 5. The third-order valence-electron chi connectivity index (χ3n) is 6.01. The molecule has 1 aliphatic rings. The van der Waals surface area contributed by atoms with Crippen molar-refractivity contribution in [3.05, 3.63) is 99.1 Å². The SMILES string of the molecule is Cc1cc([N+](=O)[O-])ccc1NC(=O)C(=O)NCCc1ccc(N2CCc3ccccc3C2)cc1. The molecule has 34 heavy (non-hydrogen) atoms. The number of aryl methyl sites for hydroxylation is 1. The van der Waals surface area contributed by atoms with Crippen molar-refractivity contribution in [1.29, 1.82) is 0 Å². The lowest BCUT2D eigenvalue weighted by molar-refractivity contribution is -0.384. The molecule has 2 N–H and O–H groups in total. The van der Waals surface area contributed by atoms with Crippen LogP contribution in [0.1, 0.15) is 22.3 Å². The van der Waals surface area contributed by atoms with Crippen LogP contribution in [0.5, 0.6) is 0 Å². The fourth-order valence-electron chi connectivity index (χ4n) is 4.07. The number of hydrogen-bond donors (Lipinski definition) is 2. The molecule has 0 aliphatic carbocycles. The van der Waals surface area contributed by atoms with E-state index in [-0.39, 0.29) is 5.69 Å². The summed E-state index contributed by atoms with van der Waals surface area (Å²) in [6, 6.07) is 20.9. The highest BCUT2D eigenvalue weighted by Gasteiger charge is 2.17. The molecule has 0 radical (unpaired) electrons. The van der Waals surface area contributed by atoms with E-state index < -0.39 is 16.7 Å². The quantitative estimate of drug-likeness (QED) is 0.332. The number of rotatable bonds is 6. The first kappa shape index (κ1) is 23.0. The Balaban J connectivity index is 1.25. The molecule has 3 aromatic rings. The molecule has 0 aromatic heterocycles. The van der Waals surface area contributed by atoms with Gasteiger partial charge < -0.3 is 15.5 Å². The Kier molecular flexibility index (Phi) is 6.87. The minimum absolute atomic E-state index is 0.0731. The van der Waals surface area contributed by atoms with Crippen molar-refractivity contribution < 1.29 is 14.5 Å². The molecule has 1 aliphatic heterocycles. The highest BCUT2D eigenvalue weighted by atomic mass is 16.6. The molecule has 0 fully saturated rings. The number of non-ortho nitro benzene ring substituents is 1. The Bertz CT molecular complexity index is 1220. The number of nitro groups is 1. The maximum absolute atomic E-state index is 12.2. The predicted octanol–water partition coefficient (Wildman–Crippen LogP) is 3.76. The van der Waals surface area contributed by atoms with Gasteiger partial charge in [0, 0.05) is 43.1 Å². The van der Waals surface area contributed by atoms with Gasteiger partial charge in [-0.3, -0.25) is 19.7 Å². The topological polar surface area (TPSA) is 105 Å². The molecule has 0 unspecified atom stereocenters. The largest absolute Gasteiger partial charge is 0.367 e. The second-order valence-electron chi connectivity index (χ2n) is 8.32. The maximum Gasteiger partial charge on any atom is 0.313 e. The Morgan fingerprint density at radius 2 is 1.74 bits per heavy atom. The normalized spacial score (nSPS) is 12.6. The van der Waals surface area contributed by atoms with Gasteiger partial charge in [-0.25, -0.2) is 0 Å². The average molecular weight is 459 g/mol. The zero-order valence-corrected chi connectivity index (χ0v) is 18.9. The van der Waals surface area contributed by atoms with Gasteiger partial charge in [0.15, 0.2) is 0 Å². The Morgan fingerprint density at radius 3 is 2.44 bits per heavy atom. The van der Waals surface area contributed by atoms with Crippen LogP contribution in [0.25, 0.3) is 0 Å². The van der Waals surface area contributed by atoms with Crippen molar-refractivity contribution in [3.8, 4) is 0 Å². The van der Waals surface area contributed by atoms with E-state index in [1.807, 2.05) is 12.1 Å². The zero-order chi connectivity index (χ0) is 24.1. The first-order chi connectivity index (χ1) is 16.4. The molecule has 8 nitrogen and oxygen atoms in total. The van der Waals surface area contributed by atoms with Crippen molar-refractivity contribution in [2.75, 3.05) is 23.3 Å². The first-order valence-electron chi connectivity index (χ1n) is 11.2. The number of nitrogens with one attached hydrogen (secondary N) is 2. The summed E-state index contributed by atoms with van der Waals surface area (Å²) in [6.45, 7) is 3.83. The first-order valence-corrected chi connectivity index (χ1v) is 11.2. The fraction of sp³-hybridized carbons (Fsp3) is 0.231. The number of nitro benzene ring substituents is 1. The van der Waals surface area contributed by atoms with Gasteiger partial charge in [-0.05, 0) is 60.2 Å². The van der Waals surface area contributed by atoms with Crippen LogP contribution in [0.15, 0.2) is 66.7 Å². The summed E-state index contributed by atoms with van der Waals surface area (Å²) in [5.41, 5.74) is 5.81. The summed E-state index contributed by atoms with van der Waals surface area (Å²) in [5.74, 6) is -1.56. The fourth-order valence-corrected chi connectivity index (χ4v) is 4.07. The highest BCUT2D eigenvalue weighted by molar-refractivity contribution is 6.39. The molecule has 0 spiro atoms. The summed E-state index contributed by atoms with van der Waals surface area (Å²) < 4.78 is 0. The van der Waals surface area contributed by atoms with Gasteiger partial charge >= 0.3 is 11.8 Å². The lowest BCUT2D eigenvalue weighted by atomic mass is 9.99. The van der Waals surface area contributed by atoms with Crippen LogP contribution in [0, 0.1) is 17.0 Å². The molecule has 3 aromatic carbocycles. The van der Waals surface area contributed by atoms with Crippen molar-refractivity contribution in [1.82, 2.24) is 5.32 Å². The molecule has 0 saturated carbocycles. The molecule has 0 saturated heterocycles. The van der Waals surface area contributed by atoms with E-state index in [0.717, 1.165) is 25.1 Å². The highest BCUT2D eigenvalue weighted by Crippen LogP contribution is 2.25. The summed E-state index contributed by atoms with van der Waals surface area (Å²) >= 11 is 0. The molecule has 4 rings (SSSR count). The van der Waals surface area contributed by atoms with E-state index >= 15 is 0 Å². The number of benzene rings is 3. The molecule has 0 atom stereocenters. The van der Waals surface area contributed by atoms with E-state index in [9.17, 15) is 19.7 Å². The smallest absolute Gasteiger partial charge is 0.313 e. The summed E-state index contributed by atoms with van der Waals surface area (Å²) in [5, 5.41) is 15.9. The van der Waals surface area contributed by atoms with Gasteiger partial charge in [0.2, 0.25) is 0 Å². The molecule has 1 heterocycles. The molecule has 8 heteroatoms. The number of nitrogens with zero attached hydrogens (tertiary/aromatic N) is 2. The number of anilines is 2. The number of amides is 2. The van der Waals surface area contributed by atoms with Crippen LogP contribution in [0.4, 0.5) is 17.1 Å². The van der Waals surface area contributed by atoms with Crippen molar-refractivity contribution in [2.24, 2.45) is 0 Å². The predicted molar refractivity (Wildman–Crippen MR) is 131 cm³/mol. The van der Waals surface area contributed by atoms with Crippen molar-refractivity contribution in [2.45, 2.75) is 26.3 Å². The number of carbonyl (C=O) groups excluding carboxylic acids is 2. The van der Waals surface area contributed by atoms with Gasteiger partial charge in [-0.1, -0.05) is 36.4 Å². The van der Waals surface area contributed by atoms with Crippen molar-refractivity contribution >= 4 is 28.9 Å². The summed E-state index contributed by atoms with van der Waals surface area (Å²) in [6.07, 6.45) is 1.63. The van der Waals surface area contributed by atoms with Crippen LogP contribution in [0.3, 0.4) is 0 Å². The second kappa shape index (κ2) is 10.2. The summed E-state index contributed by atoms with van der Waals surface area (Å²) in [4.78, 5) is 37.0. The van der Waals surface area contributed by atoms with Gasteiger partial charge in [-0.2, -0.15) is 0 Å². The Morgan fingerprint density at radius 1 is 1.00 bits per heavy atom. The van der Waals surface area contributed by atoms with Crippen LogP contribution in [-0.2, 0) is 29.0 Å². The maximum atomic E-state index is 12.2. The monoisotopic (exact) mass is 458 g/mol. The zero-order valence-electron chi connectivity index (χ0n) is 18.9. The van der Waals surface area contributed by atoms with Crippen LogP contribution in [0.2, 0.25) is 0 Å². The van der Waals surface area contributed by atoms with Gasteiger partial charge in [-0.15, -0.1) is 0 Å². The third-order valence-corrected chi connectivity index (χ3v) is 6.01. The number of fused-ring (bicyclic) bond motifs is 1. The van der Waals surface area contributed by atoms with Crippen LogP contribution < -0.4 is 15.5 Å². The molecular weight excluding hydrogens is 432 g/mol. The minimum Gasteiger partial charge on any atom is -0.367 e. The average Bonchev–Trinajstić information content (AvgIpc) is 2.85. The van der Waals surface area contributed by atoms with Gasteiger partial charge in [0.25, 0.3) is 5.69 Å². The van der Waals surface area contributed by atoms with Gasteiger partial charge in [0.05, 0.1) is 4.92 Å².